The number of nitrogens with zero attached hydrogens (tertiary/aromatic N) is 4. The molecule has 2 heterocycles. The molecule has 0 aliphatic heterocycles. The molecule has 2 aromatic rings. The van der Waals surface area contributed by atoms with Crippen LogP contribution in [0.2, 0.25) is 0 Å². The maximum Gasteiger partial charge on any atom is 0.105 e. The highest BCUT2D eigenvalue weighted by molar-refractivity contribution is 5.23. The molecule has 0 aliphatic rings. The fraction of sp³-hybridized carbons (Fsp3) is 0.538. The normalized spacial score (nSPS) is 12.9. The second-order valence-corrected chi connectivity index (χ2v) is 4.61. The molecule has 1 unspecified atom stereocenters. The fourth-order valence-corrected chi connectivity index (χ4v) is 2.08. The molecular weight excluding hydrogens is 226 g/mol. The summed E-state index contributed by atoms with van der Waals surface area (Å²) in [5.74, 6) is 1.01. The molecule has 0 aromatic carbocycles. The summed E-state index contributed by atoms with van der Waals surface area (Å²) in [7, 11) is 4.01. The van der Waals surface area contributed by atoms with Gasteiger partial charge in [0.15, 0.2) is 0 Å². The smallest absolute Gasteiger partial charge is 0.105 e. The molecule has 2 aromatic heterocycles. The Bertz CT molecular complexity index is 518. The van der Waals surface area contributed by atoms with E-state index in [9.17, 15) is 0 Å². The Hall–Kier alpha value is -1.62. The van der Waals surface area contributed by atoms with Crippen molar-refractivity contribution in [2.75, 3.05) is 6.54 Å². The third-order valence-corrected chi connectivity index (χ3v) is 3.39. The number of aryl methyl sites for hydroxylation is 3. The molecular formula is C13H21N5. The molecule has 2 rings (SSSR count). The van der Waals surface area contributed by atoms with Crippen LogP contribution in [0, 0.1) is 13.8 Å². The predicted octanol–water partition coefficient (Wildman–Crippen LogP) is 1.47. The molecule has 98 valence electrons. The lowest BCUT2D eigenvalue weighted by Crippen LogP contribution is -2.24. The minimum absolute atomic E-state index is 0.0982. The highest BCUT2D eigenvalue weighted by Gasteiger charge is 2.20. The van der Waals surface area contributed by atoms with Crippen molar-refractivity contribution in [2.24, 2.45) is 14.1 Å². The summed E-state index contributed by atoms with van der Waals surface area (Å²) in [6, 6.07) is 2.22. The Morgan fingerprint density at radius 1 is 1.33 bits per heavy atom. The van der Waals surface area contributed by atoms with Gasteiger partial charge in [0.05, 0.1) is 23.6 Å². The Labute approximate surface area is 108 Å². The van der Waals surface area contributed by atoms with Crippen LogP contribution in [0.4, 0.5) is 0 Å². The van der Waals surface area contributed by atoms with Gasteiger partial charge in [-0.1, -0.05) is 6.92 Å². The molecule has 1 N–H and O–H groups in total. The van der Waals surface area contributed by atoms with E-state index in [-0.39, 0.29) is 6.04 Å². The highest BCUT2D eigenvalue weighted by Crippen LogP contribution is 2.21. The van der Waals surface area contributed by atoms with Crippen molar-refractivity contribution in [1.29, 1.82) is 0 Å². The van der Waals surface area contributed by atoms with Gasteiger partial charge in [-0.3, -0.25) is 4.68 Å². The quantitative estimate of drug-likeness (QED) is 0.890. The lowest BCUT2D eigenvalue weighted by molar-refractivity contribution is 0.566. The Balaban J connectivity index is 2.42. The van der Waals surface area contributed by atoms with Gasteiger partial charge in [-0.25, -0.2) is 4.98 Å². The van der Waals surface area contributed by atoms with E-state index in [1.54, 1.807) is 0 Å². The molecule has 0 radical (unpaired) electrons. The van der Waals surface area contributed by atoms with Gasteiger partial charge < -0.3 is 9.88 Å². The molecule has 0 bridgehead atoms. The van der Waals surface area contributed by atoms with Crippen molar-refractivity contribution in [3.05, 3.63) is 35.2 Å². The van der Waals surface area contributed by atoms with Crippen molar-refractivity contribution < 1.29 is 0 Å². The first-order valence-corrected chi connectivity index (χ1v) is 6.26. The minimum Gasteiger partial charge on any atom is -0.334 e. The second kappa shape index (κ2) is 4.94. The summed E-state index contributed by atoms with van der Waals surface area (Å²) >= 11 is 0. The van der Waals surface area contributed by atoms with Crippen molar-refractivity contribution in [3.8, 4) is 0 Å². The third-order valence-electron chi connectivity index (χ3n) is 3.39. The summed E-state index contributed by atoms with van der Waals surface area (Å²) in [5, 5.41) is 8.04. The van der Waals surface area contributed by atoms with E-state index < -0.39 is 0 Å². The lowest BCUT2D eigenvalue weighted by atomic mass is 10.1. The van der Waals surface area contributed by atoms with E-state index in [4.69, 9.17) is 0 Å². The van der Waals surface area contributed by atoms with Gasteiger partial charge in [-0.05, 0) is 26.5 Å². The van der Waals surface area contributed by atoms with E-state index in [0.29, 0.717) is 0 Å². The Morgan fingerprint density at radius 3 is 2.50 bits per heavy atom. The zero-order chi connectivity index (χ0) is 13.3. The summed E-state index contributed by atoms with van der Waals surface area (Å²) in [6.45, 7) is 7.07. The maximum absolute atomic E-state index is 4.57. The van der Waals surface area contributed by atoms with Crippen LogP contribution in [0.5, 0.6) is 0 Å². The van der Waals surface area contributed by atoms with E-state index in [1.807, 2.05) is 31.9 Å². The summed E-state index contributed by atoms with van der Waals surface area (Å²) in [4.78, 5) is 4.36. The van der Waals surface area contributed by atoms with Crippen LogP contribution >= 0.6 is 0 Å². The Kier molecular flexibility index (Phi) is 3.52. The number of nitrogens with one attached hydrogen (secondary N) is 1. The van der Waals surface area contributed by atoms with Crippen LogP contribution in [0.25, 0.3) is 0 Å². The topological polar surface area (TPSA) is 47.7 Å². The average molecular weight is 247 g/mol. The monoisotopic (exact) mass is 247 g/mol. The van der Waals surface area contributed by atoms with Crippen LogP contribution in [-0.2, 0) is 14.1 Å². The van der Waals surface area contributed by atoms with Crippen molar-refractivity contribution in [2.45, 2.75) is 26.8 Å². The zero-order valence-electron chi connectivity index (χ0n) is 11.7. The second-order valence-electron chi connectivity index (χ2n) is 4.61. The molecule has 0 amide bonds. The van der Waals surface area contributed by atoms with E-state index in [1.165, 1.54) is 0 Å². The van der Waals surface area contributed by atoms with E-state index in [0.717, 1.165) is 29.5 Å². The third kappa shape index (κ3) is 2.18. The molecule has 18 heavy (non-hydrogen) atoms. The van der Waals surface area contributed by atoms with Gasteiger partial charge in [0, 0.05) is 19.8 Å². The fourth-order valence-electron chi connectivity index (χ4n) is 2.08. The predicted molar refractivity (Wildman–Crippen MR) is 71.4 cm³/mol. The van der Waals surface area contributed by atoms with Gasteiger partial charge in [0.2, 0.25) is 0 Å². The Morgan fingerprint density at radius 2 is 2.06 bits per heavy atom. The van der Waals surface area contributed by atoms with E-state index >= 15 is 0 Å². The molecule has 1 atom stereocenters. The molecule has 0 saturated carbocycles. The summed E-state index contributed by atoms with van der Waals surface area (Å²) < 4.78 is 4.01. The standard InChI is InChI=1S/C13H21N5/c1-6-14-13(11-7-9(2)18(5)16-11)12-8-15-10(3)17(12)4/h7-8,13-14H,6H2,1-5H3. The molecule has 5 nitrogen and oxygen atoms in total. The lowest BCUT2D eigenvalue weighted by Gasteiger charge is -2.16. The van der Waals surface area contributed by atoms with Crippen LogP contribution in [0.15, 0.2) is 12.3 Å². The van der Waals surface area contributed by atoms with Crippen LogP contribution < -0.4 is 5.32 Å². The van der Waals surface area contributed by atoms with Crippen LogP contribution in [0.1, 0.15) is 35.9 Å². The maximum atomic E-state index is 4.57. The molecule has 5 heteroatoms. The number of hydrogen-bond donors (Lipinski definition) is 1. The minimum atomic E-state index is 0.0982. The van der Waals surface area contributed by atoms with Crippen LogP contribution in [0.3, 0.4) is 0 Å². The highest BCUT2D eigenvalue weighted by atomic mass is 15.3. The van der Waals surface area contributed by atoms with E-state index in [2.05, 4.69) is 39.9 Å². The van der Waals surface area contributed by atoms with Gasteiger partial charge in [0.25, 0.3) is 0 Å². The number of aromatic nitrogens is 4. The van der Waals surface area contributed by atoms with Gasteiger partial charge in [0.1, 0.15) is 5.82 Å². The average Bonchev–Trinajstić information content (AvgIpc) is 2.82. The first-order chi connectivity index (χ1) is 8.54. The van der Waals surface area contributed by atoms with Crippen LogP contribution in [-0.4, -0.2) is 25.9 Å². The number of hydrogen-bond acceptors (Lipinski definition) is 3. The number of imidazole rings is 1. The SMILES string of the molecule is CCNC(c1cc(C)n(C)n1)c1cnc(C)n1C. The summed E-state index contributed by atoms with van der Waals surface area (Å²) in [5.41, 5.74) is 3.35. The van der Waals surface area contributed by atoms with Gasteiger partial charge in [-0.15, -0.1) is 0 Å². The molecule has 0 spiro atoms. The molecule has 0 fully saturated rings. The van der Waals surface area contributed by atoms with Crippen molar-refractivity contribution >= 4 is 0 Å². The van der Waals surface area contributed by atoms with Gasteiger partial charge >= 0.3 is 0 Å². The van der Waals surface area contributed by atoms with Gasteiger partial charge in [-0.2, -0.15) is 5.10 Å². The molecule has 0 aliphatic carbocycles. The summed E-state index contributed by atoms with van der Waals surface area (Å²) in [6.07, 6.45) is 1.92. The largest absolute Gasteiger partial charge is 0.334 e. The molecule has 0 saturated heterocycles. The first kappa shape index (κ1) is 12.8. The number of rotatable bonds is 4. The van der Waals surface area contributed by atoms with Crippen molar-refractivity contribution in [3.63, 3.8) is 0 Å². The van der Waals surface area contributed by atoms with Crippen molar-refractivity contribution in [1.82, 2.24) is 24.6 Å². The first-order valence-electron chi connectivity index (χ1n) is 6.26. The zero-order valence-corrected chi connectivity index (χ0v) is 11.7.